The Kier molecular flexibility index (Phi) is 23.4. The summed E-state index contributed by atoms with van der Waals surface area (Å²) in [6.07, 6.45) is 6.86. The Bertz CT molecular complexity index is 4740. The van der Waals surface area contributed by atoms with Crippen LogP contribution in [0.5, 0.6) is 0 Å². The maximum Gasteiger partial charge on any atom is 0.322 e. The molecule has 2 saturated heterocycles. The Hall–Kier alpha value is -13.1. The van der Waals surface area contributed by atoms with E-state index >= 15 is 0 Å². The zero-order valence-electron chi connectivity index (χ0n) is 55.3. The molecule has 0 radical (unpaired) electrons. The fourth-order valence-electron chi connectivity index (χ4n) is 11.9. The Morgan fingerprint density at radius 1 is 0.505 bits per heavy atom. The van der Waals surface area contributed by atoms with Gasteiger partial charge in [-0.15, -0.1) is 0 Å². The minimum absolute atomic E-state index is 0.0206. The van der Waals surface area contributed by atoms with E-state index in [2.05, 4.69) is 52.5 Å². The van der Waals surface area contributed by atoms with Crippen LogP contribution < -0.4 is 59.7 Å². The number of nitrogens with one attached hydrogen (secondary N) is 8. The first kappa shape index (κ1) is 72.6. The molecule has 12 amide bonds. The lowest BCUT2D eigenvalue weighted by Crippen LogP contribution is -2.54. The van der Waals surface area contributed by atoms with E-state index in [4.69, 9.17) is 22.3 Å². The molecule has 0 aliphatic carbocycles. The molecule has 2 unspecified atom stereocenters. The number of anilines is 6. The monoisotopic (exact) mass is 1400 g/mol. The van der Waals surface area contributed by atoms with Crippen molar-refractivity contribution in [2.75, 3.05) is 54.0 Å². The molecule has 2 fully saturated rings. The number of unbranched alkanes of at least 4 members (excludes halogenated alkanes) is 3. The maximum absolute atomic E-state index is 13.3. The zero-order valence-corrected chi connectivity index (χ0v) is 55.3. The molecular weight excluding hydrogens is 1330 g/mol. The number of carboxylic acid groups (broad SMARTS) is 1. The van der Waals surface area contributed by atoms with E-state index < -0.39 is 83.7 Å². The Balaban J connectivity index is 0.000000184. The molecule has 103 heavy (non-hydrogen) atoms. The maximum atomic E-state index is 13.3. The van der Waals surface area contributed by atoms with Gasteiger partial charge in [0.1, 0.15) is 18.6 Å². The number of carboxylic acids is 1. The van der Waals surface area contributed by atoms with Gasteiger partial charge in [-0.25, -0.2) is 0 Å². The van der Waals surface area contributed by atoms with E-state index in [9.17, 15) is 67.1 Å². The molecule has 2 atom stereocenters. The number of hydrogen-bond acceptors (Lipinski definition) is 21. The number of hydrogen-bond donors (Lipinski definition) is 12. The normalized spacial score (nSPS) is 15.2. The lowest BCUT2D eigenvalue weighted by molar-refractivity contribution is -0.137. The Labute approximate surface area is 587 Å². The highest BCUT2D eigenvalue weighted by atomic mass is 16.4. The molecule has 528 valence electrons. The van der Waals surface area contributed by atoms with E-state index in [0.717, 1.165) is 34.0 Å². The van der Waals surface area contributed by atoms with Crippen molar-refractivity contribution in [1.29, 1.82) is 0 Å². The predicted molar refractivity (Wildman–Crippen MR) is 377 cm³/mol. The fraction of sp³-hybridized carbons (Fsp3) is 0.233. The van der Waals surface area contributed by atoms with Crippen molar-refractivity contribution in [3.8, 4) is 0 Å². The van der Waals surface area contributed by atoms with Crippen LogP contribution in [0.3, 0.4) is 0 Å². The summed E-state index contributed by atoms with van der Waals surface area (Å²) in [7, 11) is 0. The number of carbonyl (C=O) groups excluding carboxylic acids is 13. The van der Waals surface area contributed by atoms with Crippen LogP contribution in [0.15, 0.2) is 146 Å². The van der Waals surface area contributed by atoms with Crippen LogP contribution in [-0.4, -0.2) is 152 Å². The number of Topliss-reactive ketones (excluding diaryl/α,β-unsaturated/α-hetero) is 1. The highest BCUT2D eigenvalue weighted by molar-refractivity contribution is 6.27. The number of piperidine rings is 2. The number of para-hydroxylation sites is 2. The number of aromatic nitrogens is 2. The molecule has 0 saturated carbocycles. The van der Waals surface area contributed by atoms with E-state index in [1.165, 1.54) is 36.7 Å². The molecule has 4 aliphatic heterocycles. The molecule has 12 rings (SSSR count). The van der Waals surface area contributed by atoms with Crippen molar-refractivity contribution in [2.45, 2.75) is 76.3 Å². The summed E-state index contributed by atoms with van der Waals surface area (Å²) in [6, 6.07) is 35.9. The van der Waals surface area contributed by atoms with E-state index in [1.54, 1.807) is 48.5 Å². The summed E-state index contributed by atoms with van der Waals surface area (Å²) in [5.41, 5.74) is 22.6. The number of imide groups is 4. The largest absolute Gasteiger partial charge is 0.480 e. The van der Waals surface area contributed by atoms with Gasteiger partial charge in [0.15, 0.2) is 5.78 Å². The van der Waals surface area contributed by atoms with Crippen LogP contribution in [0.2, 0.25) is 0 Å². The van der Waals surface area contributed by atoms with Crippen LogP contribution >= 0.6 is 0 Å². The number of nitrogens with zero attached hydrogens (tertiary/aromatic N) is 4. The summed E-state index contributed by atoms with van der Waals surface area (Å²) in [4.78, 5) is 182. The van der Waals surface area contributed by atoms with Crippen LogP contribution in [0.25, 0.3) is 21.8 Å². The number of amides is 12. The first-order valence-electron chi connectivity index (χ1n) is 32.9. The number of fused-ring (bicyclic) bond motifs is 4. The number of nitrogens with two attached hydrogens (primary N) is 3. The summed E-state index contributed by atoms with van der Waals surface area (Å²) in [6.45, 7) is 1.05. The molecular formula is C73H71N15O15. The van der Waals surface area contributed by atoms with E-state index in [-0.39, 0.29) is 95.3 Å². The van der Waals surface area contributed by atoms with Gasteiger partial charge in [-0.3, -0.25) is 97.5 Å². The molecule has 2 aromatic heterocycles. The molecule has 6 aromatic carbocycles. The first-order chi connectivity index (χ1) is 49.6. The number of benzene rings is 6. The fourth-order valence-corrected chi connectivity index (χ4v) is 11.9. The van der Waals surface area contributed by atoms with Crippen LogP contribution in [-0.2, 0) is 28.8 Å². The van der Waals surface area contributed by atoms with Gasteiger partial charge in [-0.05, 0) is 130 Å². The van der Waals surface area contributed by atoms with Gasteiger partial charge in [0.25, 0.3) is 47.3 Å². The lowest BCUT2D eigenvalue weighted by atomic mass is 10.0. The third-order valence-electron chi connectivity index (χ3n) is 17.1. The van der Waals surface area contributed by atoms with Crippen molar-refractivity contribution in [3.05, 3.63) is 190 Å². The van der Waals surface area contributed by atoms with Crippen molar-refractivity contribution in [2.24, 2.45) is 17.2 Å². The third kappa shape index (κ3) is 17.1. The molecule has 0 spiro atoms. The molecule has 4 aliphatic rings. The minimum atomic E-state index is -1.12. The Morgan fingerprint density at radius 3 is 1.36 bits per heavy atom. The predicted octanol–water partition coefficient (Wildman–Crippen LogP) is 5.58. The van der Waals surface area contributed by atoms with Gasteiger partial charge >= 0.3 is 5.97 Å². The van der Waals surface area contributed by atoms with Gasteiger partial charge in [0, 0.05) is 89.4 Å². The van der Waals surface area contributed by atoms with Crippen LogP contribution in [0.1, 0.15) is 147 Å². The topological polar surface area (TPSA) is 466 Å². The Morgan fingerprint density at radius 2 is 0.942 bits per heavy atom. The molecule has 0 bridgehead atoms. The van der Waals surface area contributed by atoms with Gasteiger partial charge in [0.05, 0.1) is 62.3 Å². The van der Waals surface area contributed by atoms with Crippen molar-refractivity contribution < 1.29 is 72.2 Å². The van der Waals surface area contributed by atoms with E-state index in [1.807, 2.05) is 60.7 Å². The van der Waals surface area contributed by atoms with Gasteiger partial charge < -0.3 is 54.2 Å². The molecule has 15 N–H and O–H groups in total. The minimum Gasteiger partial charge on any atom is -0.480 e. The zero-order chi connectivity index (χ0) is 73.4. The molecule has 30 nitrogen and oxygen atoms in total. The second-order valence-corrected chi connectivity index (χ2v) is 24.1. The van der Waals surface area contributed by atoms with Crippen molar-refractivity contribution >= 4 is 139 Å². The number of primary amides is 2. The molecule has 8 aromatic rings. The second-order valence-electron chi connectivity index (χ2n) is 24.1. The molecule has 30 heteroatoms. The van der Waals surface area contributed by atoms with Crippen LogP contribution in [0, 0.1) is 0 Å². The standard InChI is InChI=1S/C37H35N7O7.C21H23N5O2.C15H13N3O6/c38-33(47)26-20-41-27-14-13-21(18-25(27)32(26)42-22-8-3-1-4-9-22)34(48)39-17-6-2-5-10-23(45)19-40-28-12-7-11-24-31(28)37(51)44(36(24)50)29-15-16-30(46)43-35(29)49;22-10-4-5-11-24-21(28)14-8-9-18-16(12-14)19(17(13-25-18)20(23)27)26-15-6-2-1-3-7-15;19-10-5-4-9(13(22)17-10)18-14(23)7-2-1-3-8(12(7)15(18)24)16-6-11(20)21/h1,3-4,7-9,11-14,18,20,29,40H,2,5-6,10,15-17,19H2,(H2,38,47)(H,39,48)(H,41,42)(H,43,46,49);1-3,6-9,12-13H,4-5,10-11,22H2,(H2,23,27)(H,24,28)(H,25,26);1-3,9,16H,4-6H2,(H,20,21)(H,17,19,22). The SMILES string of the molecule is NC(=O)c1cnc2ccc(C(=O)NCCCCCC(=O)CNc3cccc4c3C(=O)N(C3CCC(=O)NC3=O)C4=O)cc2c1Nc1ccccc1.NCCCCNC(=O)c1ccc2ncc(C(N)=O)c(Nc3ccccc3)c2c1.O=C(O)CNc1cccc2c1C(=O)N(C1CCC(=O)NC1=O)C2=O. The van der Waals surface area contributed by atoms with E-state index in [0.29, 0.717) is 88.9 Å². The van der Waals surface area contributed by atoms with Crippen molar-refractivity contribution in [1.82, 2.24) is 41.0 Å². The second kappa shape index (κ2) is 33.2. The quantitative estimate of drug-likeness (QED) is 0.0232. The van der Waals surface area contributed by atoms with Gasteiger partial charge in [-0.1, -0.05) is 55.0 Å². The van der Waals surface area contributed by atoms with Crippen LogP contribution in [0.4, 0.5) is 34.1 Å². The first-order valence-corrected chi connectivity index (χ1v) is 32.9. The summed E-state index contributed by atoms with van der Waals surface area (Å²) in [5, 5.41) is 32.0. The average Bonchev–Trinajstić information content (AvgIpc) is 1.62. The number of carbonyl (C=O) groups is 14. The van der Waals surface area contributed by atoms with Crippen molar-refractivity contribution in [3.63, 3.8) is 0 Å². The average molecular weight is 1400 g/mol. The highest BCUT2D eigenvalue weighted by Gasteiger charge is 2.47. The summed E-state index contributed by atoms with van der Waals surface area (Å²) in [5.74, 6) is -7.83. The highest BCUT2D eigenvalue weighted by Crippen LogP contribution is 2.36. The smallest absolute Gasteiger partial charge is 0.322 e. The third-order valence-corrected chi connectivity index (χ3v) is 17.1. The number of rotatable bonds is 26. The number of ketones is 1. The number of pyridine rings is 2. The van der Waals surface area contributed by atoms with Gasteiger partial charge in [-0.2, -0.15) is 0 Å². The molecule has 6 heterocycles. The lowest BCUT2D eigenvalue weighted by Gasteiger charge is -2.27. The summed E-state index contributed by atoms with van der Waals surface area (Å²) < 4.78 is 0. The number of aliphatic carboxylic acids is 1. The van der Waals surface area contributed by atoms with Gasteiger partial charge in [0.2, 0.25) is 23.6 Å². The summed E-state index contributed by atoms with van der Waals surface area (Å²) >= 11 is 0.